The zero-order chi connectivity index (χ0) is 13.9. The first-order valence-electron chi connectivity index (χ1n) is 6.45. The topological polar surface area (TPSA) is 24.7 Å². The first-order chi connectivity index (χ1) is 9.95. The number of benzene rings is 2. The van der Waals surface area contributed by atoms with Gasteiger partial charge in [-0.25, -0.2) is 0 Å². The van der Waals surface area contributed by atoms with Crippen molar-refractivity contribution < 1.29 is 0 Å². The van der Waals surface area contributed by atoms with Gasteiger partial charge in [-0.3, -0.25) is 0 Å². The van der Waals surface area contributed by atoms with Crippen LogP contribution in [0.1, 0.15) is 11.1 Å². The summed E-state index contributed by atoms with van der Waals surface area (Å²) in [6, 6.07) is 20.2. The Hall–Kier alpha value is -2.74. The summed E-state index contributed by atoms with van der Waals surface area (Å²) in [7, 11) is 0. The quantitative estimate of drug-likeness (QED) is 0.559. The van der Waals surface area contributed by atoms with E-state index in [1.807, 2.05) is 85.0 Å². The van der Waals surface area contributed by atoms with E-state index in [1.165, 1.54) is 0 Å². The Morgan fingerprint density at radius 2 is 0.950 bits per heavy atom. The Kier molecular flexibility index (Phi) is 5.73. The molecule has 0 spiro atoms. The molecule has 2 aromatic rings. The largest absolute Gasteiger partial charge is 0.159 e. The first-order valence-corrected chi connectivity index (χ1v) is 6.45. The van der Waals surface area contributed by atoms with Gasteiger partial charge in [-0.1, -0.05) is 72.8 Å². The summed E-state index contributed by atoms with van der Waals surface area (Å²) in [5.41, 5.74) is 2.29. The lowest BCUT2D eigenvalue weighted by Crippen LogP contribution is -1.70. The molecule has 0 aliphatic heterocycles. The molecular weight excluding hydrogens is 244 g/mol. The number of nitrogens with zero attached hydrogens (tertiary/aromatic N) is 2. The Morgan fingerprint density at radius 1 is 0.550 bits per heavy atom. The fraction of sp³-hybridized carbons (Fsp3) is 0. The van der Waals surface area contributed by atoms with Crippen molar-refractivity contribution in [1.82, 2.24) is 0 Å². The van der Waals surface area contributed by atoms with Crippen LogP contribution >= 0.6 is 0 Å². The van der Waals surface area contributed by atoms with E-state index in [-0.39, 0.29) is 0 Å². The maximum absolute atomic E-state index is 3.92. The van der Waals surface area contributed by atoms with Crippen molar-refractivity contribution >= 4 is 24.6 Å². The summed E-state index contributed by atoms with van der Waals surface area (Å²) in [5.74, 6) is 0. The second-order valence-electron chi connectivity index (χ2n) is 4.07. The zero-order valence-corrected chi connectivity index (χ0v) is 11.1. The molecule has 0 atom stereocenters. The minimum absolute atomic E-state index is 1.15. The molecular formula is C18H16N2. The van der Waals surface area contributed by atoms with Crippen LogP contribution in [0.2, 0.25) is 0 Å². The first kappa shape index (κ1) is 13.7. The van der Waals surface area contributed by atoms with Crippen molar-refractivity contribution in [1.29, 1.82) is 0 Å². The maximum atomic E-state index is 3.92. The van der Waals surface area contributed by atoms with Crippen LogP contribution in [0, 0.1) is 0 Å². The van der Waals surface area contributed by atoms with Crippen LogP contribution in [0.25, 0.3) is 12.2 Å². The van der Waals surface area contributed by atoms with Crippen molar-refractivity contribution in [3.05, 3.63) is 83.9 Å². The molecule has 20 heavy (non-hydrogen) atoms. The van der Waals surface area contributed by atoms with Crippen LogP contribution < -0.4 is 0 Å². The lowest BCUT2D eigenvalue weighted by atomic mass is 10.2. The normalized spacial score (nSPS) is 12.2. The second kappa shape index (κ2) is 8.38. The fourth-order valence-corrected chi connectivity index (χ4v) is 1.59. The highest BCUT2D eigenvalue weighted by molar-refractivity contribution is 5.81. The van der Waals surface area contributed by atoms with Gasteiger partial charge < -0.3 is 0 Å². The Balaban J connectivity index is 1.77. The summed E-state index contributed by atoms with van der Waals surface area (Å²) in [6.07, 6.45) is 11.0. The highest BCUT2D eigenvalue weighted by Crippen LogP contribution is 2.00. The van der Waals surface area contributed by atoms with Crippen molar-refractivity contribution in [3.8, 4) is 0 Å². The lowest BCUT2D eigenvalue weighted by Gasteiger charge is -1.88. The van der Waals surface area contributed by atoms with Gasteiger partial charge in [0, 0.05) is 12.4 Å². The van der Waals surface area contributed by atoms with Crippen molar-refractivity contribution in [2.24, 2.45) is 10.2 Å². The summed E-state index contributed by atoms with van der Waals surface area (Å²) in [4.78, 5) is 0. The molecule has 0 N–H and O–H groups in total. The number of allylic oxidation sites excluding steroid dienone is 2. The highest BCUT2D eigenvalue weighted by Gasteiger charge is 1.80. The van der Waals surface area contributed by atoms with Crippen LogP contribution in [-0.2, 0) is 0 Å². The maximum Gasteiger partial charge on any atom is 0.0495 e. The van der Waals surface area contributed by atoms with E-state index in [1.54, 1.807) is 12.4 Å². The second-order valence-corrected chi connectivity index (χ2v) is 4.07. The molecule has 0 aliphatic rings. The predicted octanol–water partition coefficient (Wildman–Crippen LogP) is 4.47. The molecule has 0 aliphatic carbocycles. The molecule has 0 amide bonds. The van der Waals surface area contributed by atoms with Crippen LogP contribution in [0.4, 0.5) is 0 Å². The SMILES string of the molecule is C(=C/c1ccccc1)/C=N/N=C/C=C/c1ccccc1. The molecule has 0 bridgehead atoms. The zero-order valence-electron chi connectivity index (χ0n) is 11.1. The molecule has 0 fully saturated rings. The minimum atomic E-state index is 1.15. The van der Waals surface area contributed by atoms with Gasteiger partial charge >= 0.3 is 0 Å². The third kappa shape index (κ3) is 5.27. The molecule has 0 unspecified atom stereocenters. The molecule has 0 saturated heterocycles. The molecule has 2 nitrogen and oxygen atoms in total. The number of rotatable bonds is 5. The van der Waals surface area contributed by atoms with Crippen LogP contribution in [0.5, 0.6) is 0 Å². The summed E-state index contributed by atoms with van der Waals surface area (Å²) in [5, 5.41) is 7.85. The third-order valence-electron chi connectivity index (χ3n) is 2.55. The van der Waals surface area contributed by atoms with Crippen LogP contribution in [0.15, 0.2) is 83.0 Å². The van der Waals surface area contributed by atoms with E-state index >= 15 is 0 Å². The van der Waals surface area contributed by atoms with E-state index in [0.717, 1.165) is 11.1 Å². The van der Waals surface area contributed by atoms with E-state index in [0.29, 0.717) is 0 Å². The van der Waals surface area contributed by atoms with Gasteiger partial charge in [-0.2, -0.15) is 10.2 Å². The summed E-state index contributed by atoms with van der Waals surface area (Å²) in [6.45, 7) is 0. The van der Waals surface area contributed by atoms with Crippen LogP contribution in [-0.4, -0.2) is 12.4 Å². The molecule has 0 heterocycles. The van der Waals surface area contributed by atoms with Gasteiger partial charge in [0.1, 0.15) is 0 Å². The lowest BCUT2D eigenvalue weighted by molar-refractivity contribution is 1.27. The smallest absolute Gasteiger partial charge is 0.0495 e. The van der Waals surface area contributed by atoms with Crippen LogP contribution in [0.3, 0.4) is 0 Å². The highest BCUT2D eigenvalue weighted by atomic mass is 15.2. The fourth-order valence-electron chi connectivity index (χ4n) is 1.59. The molecule has 98 valence electrons. The van der Waals surface area contributed by atoms with E-state index in [2.05, 4.69) is 10.2 Å². The number of hydrogen-bond donors (Lipinski definition) is 0. The van der Waals surface area contributed by atoms with E-state index < -0.39 is 0 Å². The molecule has 2 rings (SSSR count). The molecule has 0 aromatic heterocycles. The Morgan fingerprint density at radius 3 is 1.35 bits per heavy atom. The third-order valence-corrected chi connectivity index (χ3v) is 2.55. The predicted molar refractivity (Wildman–Crippen MR) is 87.9 cm³/mol. The molecule has 2 aromatic carbocycles. The molecule has 2 heteroatoms. The van der Waals surface area contributed by atoms with Gasteiger partial charge in [0.05, 0.1) is 0 Å². The monoisotopic (exact) mass is 260 g/mol. The minimum Gasteiger partial charge on any atom is -0.159 e. The van der Waals surface area contributed by atoms with E-state index in [9.17, 15) is 0 Å². The molecule has 0 saturated carbocycles. The Labute approximate surface area is 119 Å². The van der Waals surface area contributed by atoms with Gasteiger partial charge in [0.2, 0.25) is 0 Å². The Bertz CT molecular complexity index is 551. The average Bonchev–Trinajstić information content (AvgIpc) is 2.52. The summed E-state index contributed by atoms with van der Waals surface area (Å²) >= 11 is 0. The van der Waals surface area contributed by atoms with Crippen molar-refractivity contribution in [3.63, 3.8) is 0 Å². The van der Waals surface area contributed by atoms with Gasteiger partial charge in [-0.15, -0.1) is 0 Å². The van der Waals surface area contributed by atoms with Gasteiger partial charge in [0.15, 0.2) is 0 Å². The average molecular weight is 260 g/mol. The van der Waals surface area contributed by atoms with E-state index in [4.69, 9.17) is 0 Å². The summed E-state index contributed by atoms with van der Waals surface area (Å²) < 4.78 is 0. The van der Waals surface area contributed by atoms with Crippen molar-refractivity contribution in [2.75, 3.05) is 0 Å². The number of hydrogen-bond acceptors (Lipinski definition) is 2. The van der Waals surface area contributed by atoms with Crippen molar-refractivity contribution in [2.45, 2.75) is 0 Å². The van der Waals surface area contributed by atoms with Gasteiger partial charge in [-0.05, 0) is 23.3 Å². The van der Waals surface area contributed by atoms with Gasteiger partial charge in [0.25, 0.3) is 0 Å². The molecule has 0 radical (unpaired) electrons. The standard InChI is InChI=1S/C18H16N2/c1-3-9-17(10-4-1)13-7-15-19-20-16-8-14-18-11-5-2-6-12-18/h1-16H/b13-7-,14-8+,19-15+,20-16+.